The molecule has 28 heavy (non-hydrogen) atoms. The fourth-order valence-electron chi connectivity index (χ4n) is 4.60. The van der Waals surface area contributed by atoms with Crippen LogP contribution in [-0.4, -0.2) is 42.6 Å². The van der Waals surface area contributed by atoms with Crippen molar-refractivity contribution in [2.75, 3.05) is 19.8 Å². The van der Waals surface area contributed by atoms with E-state index in [1.54, 1.807) is 0 Å². The van der Waals surface area contributed by atoms with Crippen LogP contribution in [0.3, 0.4) is 0 Å². The van der Waals surface area contributed by atoms with Gasteiger partial charge in [0.05, 0.1) is 0 Å². The minimum Gasteiger partial charge on any atom is -0.482 e. The molecule has 1 heterocycles. The highest BCUT2D eigenvalue weighted by atomic mass is 16.6. The van der Waals surface area contributed by atoms with Gasteiger partial charge >= 0.3 is 5.97 Å². The van der Waals surface area contributed by atoms with Gasteiger partial charge in [0, 0.05) is 12.6 Å². The zero-order chi connectivity index (χ0) is 19.3. The number of carbonyl (C=O) groups is 2. The average Bonchev–Trinajstić information content (AvgIpc) is 2.75. The van der Waals surface area contributed by atoms with E-state index < -0.39 is 5.97 Å². The normalized spacial score (nSPS) is 21.8. The molecule has 1 amide bonds. The Morgan fingerprint density at radius 1 is 0.929 bits per heavy atom. The molecule has 2 aliphatic rings. The van der Waals surface area contributed by atoms with Crippen LogP contribution < -0.4 is 4.74 Å². The summed E-state index contributed by atoms with van der Waals surface area (Å²) in [6, 6.07) is 14.0. The number of rotatable bonds is 5. The van der Waals surface area contributed by atoms with Gasteiger partial charge in [0.15, 0.2) is 13.2 Å². The summed E-state index contributed by atoms with van der Waals surface area (Å²) in [6.45, 7) is 0.395. The van der Waals surface area contributed by atoms with Gasteiger partial charge in [0.25, 0.3) is 5.91 Å². The SMILES string of the molecule is O=C(COc1ccc2ccccc2c1)OCC(=O)N1CCC[C@@H]2CCCC[C@H]21. The lowest BCUT2D eigenvalue weighted by atomic mass is 9.78. The Balaban J connectivity index is 1.26. The standard InChI is InChI=1S/C23H27NO4/c25-22(24-13-5-9-18-7-3-4-10-21(18)24)15-28-23(26)16-27-20-12-11-17-6-1-2-8-19(17)14-20/h1-2,6,8,11-12,14,18,21H,3-5,7,9-10,13,15-16H2/t18-,21+/m0/s1. The predicted octanol–water partition coefficient (Wildman–Crippen LogP) is 3.94. The fourth-order valence-corrected chi connectivity index (χ4v) is 4.60. The van der Waals surface area contributed by atoms with Crippen molar-refractivity contribution in [1.29, 1.82) is 0 Å². The Hall–Kier alpha value is -2.56. The summed E-state index contributed by atoms with van der Waals surface area (Å²) < 4.78 is 10.7. The highest BCUT2D eigenvalue weighted by molar-refractivity contribution is 5.84. The maximum absolute atomic E-state index is 12.6. The first-order chi connectivity index (χ1) is 13.7. The van der Waals surface area contributed by atoms with E-state index in [0.29, 0.717) is 17.7 Å². The average molecular weight is 381 g/mol. The number of esters is 1. The molecular formula is C23H27NO4. The number of amides is 1. The van der Waals surface area contributed by atoms with Gasteiger partial charge in [0.1, 0.15) is 5.75 Å². The fraction of sp³-hybridized carbons (Fsp3) is 0.478. The summed E-state index contributed by atoms with van der Waals surface area (Å²) in [4.78, 5) is 26.6. The summed E-state index contributed by atoms with van der Waals surface area (Å²) in [7, 11) is 0. The molecule has 0 unspecified atom stereocenters. The molecule has 1 aliphatic carbocycles. The van der Waals surface area contributed by atoms with E-state index in [2.05, 4.69) is 0 Å². The molecule has 5 nitrogen and oxygen atoms in total. The van der Waals surface area contributed by atoms with E-state index in [1.807, 2.05) is 47.4 Å². The highest BCUT2D eigenvalue weighted by Gasteiger charge is 2.35. The van der Waals surface area contributed by atoms with Crippen molar-refractivity contribution in [1.82, 2.24) is 4.90 Å². The van der Waals surface area contributed by atoms with Gasteiger partial charge in [-0.05, 0) is 54.5 Å². The number of fused-ring (bicyclic) bond motifs is 2. The molecule has 2 aromatic carbocycles. The first-order valence-electron chi connectivity index (χ1n) is 10.3. The Bertz CT molecular complexity index is 847. The quantitative estimate of drug-likeness (QED) is 0.736. The van der Waals surface area contributed by atoms with Crippen LogP contribution in [0.25, 0.3) is 10.8 Å². The minimum atomic E-state index is -0.515. The summed E-state index contributed by atoms with van der Waals surface area (Å²) in [5, 5.41) is 2.17. The van der Waals surface area contributed by atoms with Gasteiger partial charge < -0.3 is 14.4 Å². The molecule has 0 spiro atoms. The molecule has 0 aromatic heterocycles. The van der Waals surface area contributed by atoms with Gasteiger partial charge in [-0.2, -0.15) is 0 Å². The zero-order valence-corrected chi connectivity index (χ0v) is 16.1. The number of benzene rings is 2. The molecule has 1 saturated carbocycles. The van der Waals surface area contributed by atoms with Crippen LogP contribution in [0.1, 0.15) is 38.5 Å². The van der Waals surface area contributed by atoms with Crippen molar-refractivity contribution in [3.05, 3.63) is 42.5 Å². The third-order valence-corrected chi connectivity index (χ3v) is 6.00. The Morgan fingerprint density at radius 3 is 2.61 bits per heavy atom. The van der Waals surface area contributed by atoms with Crippen LogP contribution in [0, 0.1) is 5.92 Å². The largest absolute Gasteiger partial charge is 0.482 e. The minimum absolute atomic E-state index is 0.0735. The molecule has 2 aromatic rings. The van der Waals surface area contributed by atoms with Crippen molar-refractivity contribution in [3.8, 4) is 5.75 Å². The summed E-state index contributed by atoms with van der Waals surface area (Å²) in [5.41, 5.74) is 0. The van der Waals surface area contributed by atoms with Crippen LogP contribution in [0.5, 0.6) is 5.75 Å². The van der Waals surface area contributed by atoms with Gasteiger partial charge in [-0.15, -0.1) is 0 Å². The lowest BCUT2D eigenvalue weighted by molar-refractivity contribution is -0.156. The van der Waals surface area contributed by atoms with E-state index >= 15 is 0 Å². The maximum Gasteiger partial charge on any atom is 0.344 e. The first-order valence-corrected chi connectivity index (χ1v) is 10.3. The highest BCUT2D eigenvalue weighted by Crippen LogP contribution is 2.35. The first kappa shape index (κ1) is 18.8. The second-order valence-corrected chi connectivity index (χ2v) is 7.80. The second-order valence-electron chi connectivity index (χ2n) is 7.80. The van der Waals surface area contributed by atoms with E-state index in [1.165, 1.54) is 25.7 Å². The second kappa shape index (κ2) is 8.63. The number of ether oxygens (including phenoxy) is 2. The molecule has 0 radical (unpaired) electrons. The third-order valence-electron chi connectivity index (χ3n) is 6.00. The number of hydrogen-bond donors (Lipinski definition) is 0. The Morgan fingerprint density at radius 2 is 1.71 bits per heavy atom. The summed E-state index contributed by atoms with van der Waals surface area (Å²) in [6.07, 6.45) is 7.01. The number of hydrogen-bond acceptors (Lipinski definition) is 4. The molecule has 2 atom stereocenters. The molecule has 0 bridgehead atoms. The van der Waals surface area contributed by atoms with Gasteiger partial charge in [-0.25, -0.2) is 4.79 Å². The summed E-state index contributed by atoms with van der Waals surface area (Å²) in [5.74, 6) is 0.649. The molecule has 0 N–H and O–H groups in total. The number of likely N-dealkylation sites (tertiary alicyclic amines) is 1. The predicted molar refractivity (Wildman–Crippen MR) is 107 cm³/mol. The summed E-state index contributed by atoms with van der Waals surface area (Å²) >= 11 is 0. The third kappa shape index (κ3) is 4.29. The van der Waals surface area contributed by atoms with Crippen LogP contribution in [0.4, 0.5) is 0 Å². The number of piperidine rings is 1. The van der Waals surface area contributed by atoms with Crippen LogP contribution in [0.2, 0.25) is 0 Å². The van der Waals surface area contributed by atoms with Crippen LogP contribution in [-0.2, 0) is 14.3 Å². The monoisotopic (exact) mass is 381 g/mol. The molecule has 148 valence electrons. The molecule has 4 rings (SSSR count). The molecule has 1 saturated heterocycles. The van der Waals surface area contributed by atoms with Crippen molar-refractivity contribution in [3.63, 3.8) is 0 Å². The van der Waals surface area contributed by atoms with Gasteiger partial charge in [0.2, 0.25) is 0 Å². The van der Waals surface area contributed by atoms with Gasteiger partial charge in [-0.1, -0.05) is 43.2 Å². The Kier molecular flexibility index (Phi) is 5.79. The maximum atomic E-state index is 12.6. The van der Waals surface area contributed by atoms with E-state index in [4.69, 9.17) is 9.47 Å². The van der Waals surface area contributed by atoms with Crippen molar-refractivity contribution in [2.45, 2.75) is 44.6 Å². The van der Waals surface area contributed by atoms with Crippen LogP contribution in [0.15, 0.2) is 42.5 Å². The molecular weight excluding hydrogens is 354 g/mol. The van der Waals surface area contributed by atoms with Crippen molar-refractivity contribution < 1.29 is 19.1 Å². The van der Waals surface area contributed by atoms with Crippen molar-refractivity contribution >= 4 is 22.6 Å². The smallest absolute Gasteiger partial charge is 0.344 e. The molecule has 1 aliphatic heterocycles. The topological polar surface area (TPSA) is 55.8 Å². The number of nitrogens with zero attached hydrogens (tertiary/aromatic N) is 1. The van der Waals surface area contributed by atoms with E-state index in [0.717, 1.165) is 30.2 Å². The lowest BCUT2D eigenvalue weighted by Gasteiger charge is -2.44. The zero-order valence-electron chi connectivity index (χ0n) is 16.1. The van der Waals surface area contributed by atoms with Crippen molar-refractivity contribution in [2.24, 2.45) is 5.92 Å². The Labute approximate surface area is 165 Å². The molecule has 2 fully saturated rings. The molecule has 5 heteroatoms. The van der Waals surface area contributed by atoms with Gasteiger partial charge in [-0.3, -0.25) is 4.79 Å². The van der Waals surface area contributed by atoms with E-state index in [9.17, 15) is 9.59 Å². The van der Waals surface area contributed by atoms with E-state index in [-0.39, 0.29) is 19.1 Å². The lowest BCUT2D eigenvalue weighted by Crippen LogP contribution is -2.51. The van der Waals surface area contributed by atoms with Crippen LogP contribution >= 0.6 is 0 Å². The number of carbonyl (C=O) groups excluding carboxylic acids is 2.